The minimum atomic E-state index is -0.421. The summed E-state index contributed by atoms with van der Waals surface area (Å²) in [5, 5.41) is 3.66. The first-order chi connectivity index (χ1) is 13.0. The van der Waals surface area contributed by atoms with Crippen molar-refractivity contribution in [3.8, 4) is 0 Å². The molecule has 1 amide bonds. The van der Waals surface area contributed by atoms with Gasteiger partial charge in [-0.2, -0.15) is 0 Å². The Morgan fingerprint density at radius 1 is 1.30 bits per heavy atom. The van der Waals surface area contributed by atoms with E-state index in [1.807, 2.05) is 20.8 Å². The molecular weight excluding hydrogens is 347 g/mol. The van der Waals surface area contributed by atoms with Gasteiger partial charge < -0.3 is 9.88 Å². The van der Waals surface area contributed by atoms with E-state index >= 15 is 0 Å². The van der Waals surface area contributed by atoms with Crippen LogP contribution in [0.2, 0.25) is 0 Å². The van der Waals surface area contributed by atoms with E-state index < -0.39 is 11.7 Å². The molecule has 0 bridgehead atoms. The maximum Gasteiger partial charge on any atom is 0.279 e. The van der Waals surface area contributed by atoms with Crippen molar-refractivity contribution in [2.24, 2.45) is 7.05 Å². The van der Waals surface area contributed by atoms with Crippen LogP contribution >= 0.6 is 0 Å². The number of carbonyl (C=O) groups excluding carboxylic acids is 1. The standard InChI is InChI=1S/C18H19FN4O2.C2H6/c1-4-25-22-18(24)15-12-6-5-9-20-16(12)23(3)17(15)21-14-8-7-11(2)10-13(14)19;1-2/h5-10,21H,4H2,1-3H3,(H,22,24);1-2H3. The average Bonchev–Trinajstić information content (AvgIpc) is 2.96. The summed E-state index contributed by atoms with van der Waals surface area (Å²) in [5.74, 6) is -0.376. The molecule has 2 N–H and O–H groups in total. The highest BCUT2D eigenvalue weighted by molar-refractivity contribution is 6.11. The second-order valence-electron chi connectivity index (χ2n) is 5.63. The Morgan fingerprint density at radius 3 is 2.70 bits per heavy atom. The number of aromatic nitrogens is 2. The van der Waals surface area contributed by atoms with E-state index in [4.69, 9.17) is 4.84 Å². The third kappa shape index (κ3) is 4.25. The van der Waals surface area contributed by atoms with Gasteiger partial charge in [-0.15, -0.1) is 0 Å². The number of amides is 1. The van der Waals surface area contributed by atoms with Gasteiger partial charge in [0.1, 0.15) is 17.3 Å². The molecule has 0 saturated heterocycles. The maximum absolute atomic E-state index is 14.2. The molecule has 0 aliphatic carbocycles. The Bertz CT molecular complexity index is 937. The van der Waals surface area contributed by atoms with Crippen molar-refractivity contribution >= 4 is 28.4 Å². The van der Waals surface area contributed by atoms with Crippen LogP contribution in [0, 0.1) is 12.7 Å². The lowest BCUT2D eigenvalue weighted by Gasteiger charge is -2.12. The largest absolute Gasteiger partial charge is 0.339 e. The van der Waals surface area contributed by atoms with Crippen LogP contribution in [0.15, 0.2) is 36.5 Å². The lowest BCUT2D eigenvalue weighted by atomic mass is 10.2. The summed E-state index contributed by atoms with van der Waals surface area (Å²) in [4.78, 5) is 21.9. The number of anilines is 2. The number of hydrogen-bond acceptors (Lipinski definition) is 4. The first-order valence-corrected chi connectivity index (χ1v) is 8.91. The van der Waals surface area contributed by atoms with Crippen LogP contribution in [0.4, 0.5) is 15.9 Å². The zero-order chi connectivity index (χ0) is 20.0. The van der Waals surface area contributed by atoms with Gasteiger partial charge in [0.2, 0.25) is 0 Å². The van der Waals surface area contributed by atoms with Gasteiger partial charge in [0, 0.05) is 18.6 Å². The van der Waals surface area contributed by atoms with E-state index in [1.54, 1.807) is 49.0 Å². The zero-order valence-corrected chi connectivity index (χ0v) is 16.3. The maximum atomic E-state index is 14.2. The molecule has 3 aromatic rings. The normalized spacial score (nSPS) is 10.3. The van der Waals surface area contributed by atoms with Crippen LogP contribution in [-0.4, -0.2) is 22.1 Å². The number of carbonyl (C=O) groups is 1. The van der Waals surface area contributed by atoms with Crippen LogP contribution in [0.1, 0.15) is 36.7 Å². The van der Waals surface area contributed by atoms with Gasteiger partial charge in [0.25, 0.3) is 5.91 Å². The summed E-state index contributed by atoms with van der Waals surface area (Å²) in [6, 6.07) is 8.41. The first-order valence-electron chi connectivity index (χ1n) is 8.91. The fraction of sp³-hybridized carbons (Fsp3) is 0.300. The number of pyridine rings is 1. The van der Waals surface area contributed by atoms with Gasteiger partial charge in [0.15, 0.2) is 0 Å². The molecule has 0 radical (unpaired) electrons. The number of halogens is 1. The molecule has 0 saturated carbocycles. The summed E-state index contributed by atoms with van der Waals surface area (Å²) < 4.78 is 16.0. The summed E-state index contributed by atoms with van der Waals surface area (Å²) in [7, 11) is 1.77. The molecule has 0 aliphatic rings. The molecule has 27 heavy (non-hydrogen) atoms. The fourth-order valence-corrected chi connectivity index (χ4v) is 2.67. The molecule has 7 heteroatoms. The van der Waals surface area contributed by atoms with Gasteiger partial charge in [-0.1, -0.05) is 19.9 Å². The number of nitrogens with zero attached hydrogens (tertiary/aromatic N) is 2. The van der Waals surface area contributed by atoms with E-state index in [1.165, 1.54) is 6.07 Å². The van der Waals surface area contributed by atoms with Gasteiger partial charge in [-0.25, -0.2) is 14.9 Å². The highest BCUT2D eigenvalue weighted by Crippen LogP contribution is 2.31. The number of hydroxylamine groups is 1. The summed E-state index contributed by atoms with van der Waals surface area (Å²) >= 11 is 0. The molecule has 0 aliphatic heterocycles. The third-order valence-corrected chi connectivity index (χ3v) is 3.86. The van der Waals surface area contributed by atoms with Crippen molar-refractivity contribution < 1.29 is 14.0 Å². The molecule has 6 nitrogen and oxygen atoms in total. The van der Waals surface area contributed by atoms with Crippen molar-refractivity contribution in [1.82, 2.24) is 15.0 Å². The third-order valence-electron chi connectivity index (χ3n) is 3.86. The topological polar surface area (TPSA) is 68.2 Å². The van der Waals surface area contributed by atoms with E-state index in [0.717, 1.165) is 5.56 Å². The number of benzene rings is 1. The number of hydrogen-bond donors (Lipinski definition) is 2. The lowest BCUT2D eigenvalue weighted by Crippen LogP contribution is -2.24. The zero-order valence-electron chi connectivity index (χ0n) is 16.3. The Balaban J connectivity index is 0.00000126. The van der Waals surface area contributed by atoms with E-state index in [9.17, 15) is 9.18 Å². The molecular formula is C20H25FN4O2. The average molecular weight is 372 g/mol. The van der Waals surface area contributed by atoms with Crippen LogP contribution < -0.4 is 10.8 Å². The lowest BCUT2D eigenvalue weighted by molar-refractivity contribution is 0.0367. The molecule has 2 aromatic heterocycles. The predicted octanol–water partition coefficient (Wildman–Crippen LogP) is 4.47. The van der Waals surface area contributed by atoms with E-state index in [-0.39, 0.29) is 5.69 Å². The van der Waals surface area contributed by atoms with Crippen LogP contribution in [0.25, 0.3) is 11.0 Å². The molecule has 0 atom stereocenters. The molecule has 0 fully saturated rings. The van der Waals surface area contributed by atoms with Crippen molar-refractivity contribution in [2.45, 2.75) is 27.7 Å². The van der Waals surface area contributed by atoms with Gasteiger partial charge in [0.05, 0.1) is 17.9 Å². The quantitative estimate of drug-likeness (QED) is 0.648. The summed E-state index contributed by atoms with van der Waals surface area (Å²) in [5.41, 5.74) is 4.44. The molecule has 1 aromatic carbocycles. The molecule has 144 valence electrons. The number of rotatable bonds is 5. The Kier molecular flexibility index (Phi) is 6.90. The number of nitrogens with one attached hydrogen (secondary N) is 2. The van der Waals surface area contributed by atoms with Crippen LogP contribution in [0.3, 0.4) is 0 Å². The Hall–Kier alpha value is -2.93. The Morgan fingerprint density at radius 2 is 2.04 bits per heavy atom. The van der Waals surface area contributed by atoms with Crippen molar-refractivity contribution in [3.63, 3.8) is 0 Å². The van der Waals surface area contributed by atoms with Crippen molar-refractivity contribution in [2.75, 3.05) is 11.9 Å². The van der Waals surface area contributed by atoms with Crippen molar-refractivity contribution in [1.29, 1.82) is 0 Å². The highest BCUT2D eigenvalue weighted by atomic mass is 19.1. The fourth-order valence-electron chi connectivity index (χ4n) is 2.67. The van der Waals surface area contributed by atoms with E-state index in [0.29, 0.717) is 29.0 Å². The summed E-state index contributed by atoms with van der Waals surface area (Å²) in [6.45, 7) is 7.92. The predicted molar refractivity (Wildman–Crippen MR) is 106 cm³/mol. The smallest absolute Gasteiger partial charge is 0.279 e. The van der Waals surface area contributed by atoms with Gasteiger partial charge in [-0.05, 0) is 43.7 Å². The van der Waals surface area contributed by atoms with Gasteiger partial charge in [-0.3, -0.25) is 9.63 Å². The van der Waals surface area contributed by atoms with Crippen LogP contribution in [0.5, 0.6) is 0 Å². The SMILES string of the molecule is CC.CCONC(=O)c1c(Nc2ccc(C)cc2F)n(C)c2ncccc12. The van der Waals surface area contributed by atoms with Crippen molar-refractivity contribution in [3.05, 3.63) is 53.5 Å². The Labute approximate surface area is 158 Å². The minimum Gasteiger partial charge on any atom is -0.339 e. The molecule has 0 spiro atoms. The second-order valence-corrected chi connectivity index (χ2v) is 5.63. The van der Waals surface area contributed by atoms with Gasteiger partial charge >= 0.3 is 0 Å². The highest BCUT2D eigenvalue weighted by Gasteiger charge is 2.23. The summed E-state index contributed by atoms with van der Waals surface area (Å²) in [6.07, 6.45) is 1.64. The second kappa shape index (κ2) is 9.14. The minimum absolute atomic E-state index is 0.280. The molecule has 2 heterocycles. The molecule has 0 unspecified atom stereocenters. The molecule has 3 rings (SSSR count). The number of fused-ring (bicyclic) bond motifs is 1. The monoisotopic (exact) mass is 372 g/mol. The first kappa shape index (κ1) is 20.4. The number of aryl methyl sites for hydroxylation is 2. The van der Waals surface area contributed by atoms with E-state index in [2.05, 4.69) is 15.8 Å². The van der Waals surface area contributed by atoms with Crippen LogP contribution in [-0.2, 0) is 11.9 Å².